The molecule has 0 unspecified atom stereocenters. The van der Waals surface area contributed by atoms with Crippen LogP contribution >= 0.6 is 0 Å². The average Bonchev–Trinajstić information content (AvgIpc) is 3.53. The van der Waals surface area contributed by atoms with Crippen LogP contribution in [0.3, 0.4) is 0 Å². The van der Waals surface area contributed by atoms with E-state index in [2.05, 4.69) is 75.7 Å². The number of nitrogens with zero attached hydrogens (tertiary/aromatic N) is 5. The largest absolute Gasteiger partial charge is 0.309 e. The highest BCUT2D eigenvalue weighted by molar-refractivity contribution is 6.10. The van der Waals surface area contributed by atoms with Crippen LogP contribution in [0.2, 0.25) is 0 Å². The Morgan fingerprint density at radius 1 is 0.487 bits per heavy atom. The third kappa shape index (κ3) is 2.62. The highest BCUT2D eigenvalue weighted by atomic mass is 16.1. The molecule has 4 heterocycles. The molecule has 0 aliphatic carbocycles. The first kappa shape index (κ1) is 20.6. The topological polar surface area (TPSA) is 56.6 Å². The van der Waals surface area contributed by atoms with Gasteiger partial charge in [-0.3, -0.25) is 9.20 Å². The Hall–Kier alpha value is -5.49. The number of aromatic nitrogens is 5. The van der Waals surface area contributed by atoms with Gasteiger partial charge in [-0.15, -0.1) is 0 Å². The quantitative estimate of drug-likeness (QED) is 0.182. The lowest BCUT2D eigenvalue weighted by Crippen LogP contribution is -2.18. The maximum absolute atomic E-state index is 14.0. The van der Waals surface area contributed by atoms with E-state index in [1.165, 1.54) is 10.8 Å². The molecule has 9 aromatic rings. The van der Waals surface area contributed by atoms with Crippen molar-refractivity contribution >= 4 is 66.1 Å². The van der Waals surface area contributed by atoms with Crippen LogP contribution in [0, 0.1) is 0 Å². The van der Waals surface area contributed by atoms with Crippen molar-refractivity contribution in [2.75, 3.05) is 0 Å². The van der Waals surface area contributed by atoms with Gasteiger partial charge in [0.15, 0.2) is 5.65 Å². The molecule has 39 heavy (non-hydrogen) atoms. The highest BCUT2D eigenvalue weighted by Crippen LogP contribution is 2.34. The predicted octanol–water partition coefficient (Wildman–Crippen LogP) is 6.90. The van der Waals surface area contributed by atoms with E-state index in [1.54, 1.807) is 4.40 Å². The number of fused-ring (bicyclic) bond motifs is 12. The van der Waals surface area contributed by atoms with Crippen molar-refractivity contribution in [1.82, 2.24) is 23.3 Å². The zero-order valence-corrected chi connectivity index (χ0v) is 20.6. The summed E-state index contributed by atoms with van der Waals surface area (Å²) in [5.74, 6) is 0.562. The molecule has 0 bridgehead atoms. The molecule has 0 aliphatic rings. The Kier molecular flexibility index (Phi) is 3.85. The van der Waals surface area contributed by atoms with E-state index in [0.717, 1.165) is 38.7 Å². The second-order valence-electron chi connectivity index (χ2n) is 9.90. The zero-order chi connectivity index (χ0) is 25.7. The lowest BCUT2D eigenvalue weighted by Gasteiger charge is -2.13. The third-order valence-electron chi connectivity index (χ3n) is 7.82. The Labute approximate surface area is 220 Å². The van der Waals surface area contributed by atoms with Gasteiger partial charge in [0.1, 0.15) is 0 Å². The first-order valence-corrected chi connectivity index (χ1v) is 12.9. The van der Waals surface area contributed by atoms with Crippen LogP contribution in [0.15, 0.2) is 120 Å². The molecule has 0 saturated heterocycles. The van der Waals surface area contributed by atoms with Crippen molar-refractivity contribution in [2.45, 2.75) is 0 Å². The van der Waals surface area contributed by atoms with E-state index >= 15 is 0 Å². The van der Waals surface area contributed by atoms with Crippen molar-refractivity contribution in [3.63, 3.8) is 0 Å². The summed E-state index contributed by atoms with van der Waals surface area (Å²) < 4.78 is 6.03. The minimum atomic E-state index is -0.125. The second-order valence-corrected chi connectivity index (χ2v) is 9.90. The molecule has 4 aromatic heterocycles. The van der Waals surface area contributed by atoms with Crippen molar-refractivity contribution in [1.29, 1.82) is 0 Å². The molecule has 5 aromatic carbocycles. The van der Waals surface area contributed by atoms with E-state index in [1.807, 2.05) is 48.5 Å². The van der Waals surface area contributed by atoms with Crippen LogP contribution in [0.4, 0.5) is 0 Å². The fraction of sp³-hybridized carbons (Fsp3) is 0. The number of para-hydroxylation sites is 5. The maximum Gasteiger partial charge on any atom is 0.268 e. The van der Waals surface area contributed by atoms with Gasteiger partial charge in [-0.1, -0.05) is 60.7 Å². The van der Waals surface area contributed by atoms with Gasteiger partial charge in [0, 0.05) is 21.8 Å². The Morgan fingerprint density at radius 3 is 1.85 bits per heavy atom. The summed E-state index contributed by atoms with van der Waals surface area (Å²) in [6.07, 6.45) is 0. The summed E-state index contributed by atoms with van der Waals surface area (Å²) in [4.78, 5) is 23.9. The molecule has 9 rings (SSSR count). The van der Waals surface area contributed by atoms with Crippen molar-refractivity contribution in [3.05, 3.63) is 126 Å². The molecule has 0 aliphatic heterocycles. The highest BCUT2D eigenvalue weighted by Gasteiger charge is 2.19. The third-order valence-corrected chi connectivity index (χ3v) is 7.82. The van der Waals surface area contributed by atoms with Crippen LogP contribution in [-0.2, 0) is 0 Å². The van der Waals surface area contributed by atoms with Gasteiger partial charge in [0.25, 0.3) is 5.56 Å². The van der Waals surface area contributed by atoms with E-state index in [-0.39, 0.29) is 5.56 Å². The average molecular weight is 502 g/mol. The molecule has 0 radical (unpaired) electrons. The number of hydrogen-bond donors (Lipinski definition) is 0. The zero-order valence-electron chi connectivity index (χ0n) is 20.6. The SMILES string of the molecule is O=c1c2ccccc2nc2c3cc(-n4c5ccccc5c5ccccc54)ccc3n3c4ccccc4nc3n12. The van der Waals surface area contributed by atoms with Crippen molar-refractivity contribution in [2.24, 2.45) is 0 Å². The lowest BCUT2D eigenvalue weighted by molar-refractivity contribution is 1.05. The maximum atomic E-state index is 14.0. The van der Waals surface area contributed by atoms with Crippen LogP contribution in [-0.4, -0.2) is 23.3 Å². The number of benzene rings is 5. The molecular formula is C33H19N5O. The first-order valence-electron chi connectivity index (χ1n) is 12.9. The minimum Gasteiger partial charge on any atom is -0.309 e. The molecule has 0 amide bonds. The summed E-state index contributed by atoms with van der Waals surface area (Å²) in [7, 11) is 0. The summed E-state index contributed by atoms with van der Waals surface area (Å²) >= 11 is 0. The van der Waals surface area contributed by atoms with Crippen LogP contribution in [0.5, 0.6) is 0 Å². The van der Waals surface area contributed by atoms with Gasteiger partial charge in [0.05, 0.1) is 38.5 Å². The van der Waals surface area contributed by atoms with Gasteiger partial charge >= 0.3 is 0 Å². The molecule has 0 fully saturated rings. The summed E-state index contributed by atoms with van der Waals surface area (Å²) in [6, 6.07) is 38.9. The Morgan fingerprint density at radius 2 is 1.10 bits per heavy atom. The fourth-order valence-corrected chi connectivity index (χ4v) is 6.14. The number of hydrogen-bond acceptors (Lipinski definition) is 3. The van der Waals surface area contributed by atoms with E-state index in [0.29, 0.717) is 22.3 Å². The molecule has 6 nitrogen and oxygen atoms in total. The van der Waals surface area contributed by atoms with Crippen molar-refractivity contribution < 1.29 is 0 Å². The lowest BCUT2D eigenvalue weighted by atomic mass is 10.1. The van der Waals surface area contributed by atoms with Crippen molar-refractivity contribution in [3.8, 4) is 5.69 Å². The molecule has 0 atom stereocenters. The summed E-state index contributed by atoms with van der Waals surface area (Å²) in [6.45, 7) is 0. The van der Waals surface area contributed by atoms with Gasteiger partial charge in [0.2, 0.25) is 5.78 Å². The molecular weight excluding hydrogens is 482 g/mol. The van der Waals surface area contributed by atoms with Crippen LogP contribution < -0.4 is 5.56 Å². The molecule has 0 N–H and O–H groups in total. The smallest absolute Gasteiger partial charge is 0.268 e. The predicted molar refractivity (Wildman–Crippen MR) is 157 cm³/mol. The van der Waals surface area contributed by atoms with Gasteiger partial charge in [-0.2, -0.15) is 0 Å². The second kappa shape index (κ2) is 7.30. The number of rotatable bonds is 1. The minimum absolute atomic E-state index is 0.125. The van der Waals surface area contributed by atoms with E-state index < -0.39 is 0 Å². The van der Waals surface area contributed by atoms with E-state index in [9.17, 15) is 4.79 Å². The molecule has 182 valence electrons. The standard InChI is InChI=1S/C33H19N5O/c39-32-23-11-1-4-12-25(23)34-31-24-19-20(36-27-14-6-2-9-21(27)22-10-3-7-15-28(22)36)17-18-29(24)37-30-16-8-5-13-26(30)35-33(37)38(31)32/h1-19H. The van der Waals surface area contributed by atoms with E-state index in [4.69, 9.17) is 9.97 Å². The summed E-state index contributed by atoms with van der Waals surface area (Å²) in [5.41, 5.74) is 7.14. The molecule has 0 spiro atoms. The molecule has 6 heteroatoms. The number of imidazole rings is 1. The van der Waals surface area contributed by atoms with Crippen LogP contribution in [0.25, 0.3) is 71.8 Å². The van der Waals surface area contributed by atoms with Gasteiger partial charge in [-0.05, 0) is 54.6 Å². The van der Waals surface area contributed by atoms with Gasteiger partial charge in [-0.25, -0.2) is 14.4 Å². The first-order chi connectivity index (χ1) is 19.3. The fourth-order valence-electron chi connectivity index (χ4n) is 6.14. The molecule has 0 saturated carbocycles. The Balaban J connectivity index is 1.52. The summed E-state index contributed by atoms with van der Waals surface area (Å²) in [5, 5.41) is 3.86. The van der Waals surface area contributed by atoms with Gasteiger partial charge < -0.3 is 4.57 Å². The van der Waals surface area contributed by atoms with Crippen LogP contribution in [0.1, 0.15) is 0 Å². The Bertz CT molecular complexity index is 2480. The monoisotopic (exact) mass is 501 g/mol. The normalized spacial score (nSPS) is 12.2.